The number of piperidine rings is 1. The van der Waals surface area contributed by atoms with Crippen molar-refractivity contribution >= 4 is 23.5 Å². The van der Waals surface area contributed by atoms with Crippen molar-refractivity contribution in [1.29, 1.82) is 0 Å². The van der Waals surface area contributed by atoms with Crippen molar-refractivity contribution in [3.8, 4) is 0 Å². The van der Waals surface area contributed by atoms with Crippen LogP contribution in [0.3, 0.4) is 0 Å². The molecule has 1 heterocycles. The van der Waals surface area contributed by atoms with Crippen LogP contribution in [-0.2, 0) is 9.59 Å². The molecule has 7 nitrogen and oxygen atoms in total. The summed E-state index contributed by atoms with van der Waals surface area (Å²) >= 11 is 0. The highest BCUT2D eigenvalue weighted by Gasteiger charge is 2.23. The fourth-order valence-electron chi connectivity index (χ4n) is 3.06. The highest BCUT2D eigenvalue weighted by atomic mass is 16.2. The number of nitrogens with one attached hydrogen (secondary N) is 3. The minimum absolute atomic E-state index is 0.0224. The fraction of sp³-hybridized carbons (Fsp3) is 0.526. The average Bonchev–Trinajstić information content (AvgIpc) is 2.59. The van der Waals surface area contributed by atoms with Crippen LogP contribution < -0.4 is 16.0 Å². The first-order valence-electron chi connectivity index (χ1n) is 9.07. The lowest BCUT2D eigenvalue weighted by Crippen LogP contribution is -2.50. The maximum Gasteiger partial charge on any atom is 0.325 e. The second-order valence-corrected chi connectivity index (χ2v) is 6.75. The van der Waals surface area contributed by atoms with E-state index in [0.717, 1.165) is 30.5 Å². The molecule has 0 saturated carbocycles. The van der Waals surface area contributed by atoms with Gasteiger partial charge in [-0.3, -0.25) is 19.8 Å². The number of hydrogen-bond acceptors (Lipinski definition) is 4. The molecule has 1 saturated heterocycles. The first kappa shape index (κ1) is 19.9. The maximum absolute atomic E-state index is 12.1. The summed E-state index contributed by atoms with van der Waals surface area (Å²) in [6.07, 6.45) is 2.28. The molecule has 2 rings (SSSR count). The smallest absolute Gasteiger partial charge is 0.325 e. The van der Waals surface area contributed by atoms with Gasteiger partial charge in [0.15, 0.2) is 0 Å². The number of likely N-dealkylation sites (tertiary alicyclic amines) is 1. The van der Waals surface area contributed by atoms with Gasteiger partial charge >= 0.3 is 6.03 Å². The number of carbonyl (C=O) groups is 3. The number of urea groups is 1. The van der Waals surface area contributed by atoms with Crippen LogP contribution in [0.1, 0.15) is 37.3 Å². The van der Waals surface area contributed by atoms with Gasteiger partial charge in [-0.2, -0.15) is 0 Å². The summed E-state index contributed by atoms with van der Waals surface area (Å²) in [6, 6.07) is 5.16. The molecule has 0 radical (unpaired) electrons. The molecule has 3 N–H and O–H groups in total. The second kappa shape index (κ2) is 9.33. The lowest BCUT2D eigenvalue weighted by atomic mass is 10.1. The number of carbonyl (C=O) groups excluding carboxylic acids is 3. The summed E-state index contributed by atoms with van der Waals surface area (Å²) < 4.78 is 0. The molecule has 1 aliphatic heterocycles. The lowest BCUT2D eigenvalue weighted by molar-refractivity contribution is -0.122. The molecular formula is C19H28N4O3. The van der Waals surface area contributed by atoms with Crippen molar-refractivity contribution in [2.45, 2.75) is 46.1 Å². The number of rotatable bonds is 5. The number of hydrogen-bond donors (Lipinski definition) is 3. The van der Waals surface area contributed by atoms with Gasteiger partial charge in [-0.15, -0.1) is 0 Å². The molecule has 142 valence electrons. The van der Waals surface area contributed by atoms with E-state index in [1.54, 1.807) is 6.07 Å². The van der Waals surface area contributed by atoms with Gasteiger partial charge in [0.1, 0.15) is 0 Å². The van der Waals surface area contributed by atoms with Crippen LogP contribution in [0.25, 0.3) is 0 Å². The monoisotopic (exact) mass is 360 g/mol. The summed E-state index contributed by atoms with van der Waals surface area (Å²) in [5.74, 6) is -0.329. The van der Waals surface area contributed by atoms with Gasteiger partial charge in [-0.1, -0.05) is 19.1 Å². The van der Waals surface area contributed by atoms with Crippen molar-refractivity contribution in [1.82, 2.24) is 15.5 Å². The van der Waals surface area contributed by atoms with E-state index in [-0.39, 0.29) is 24.4 Å². The molecule has 4 amide bonds. The first-order valence-corrected chi connectivity index (χ1v) is 9.07. The highest BCUT2D eigenvalue weighted by molar-refractivity contribution is 6.02. The zero-order chi connectivity index (χ0) is 19.1. The van der Waals surface area contributed by atoms with Gasteiger partial charge in [0.05, 0.1) is 6.54 Å². The summed E-state index contributed by atoms with van der Waals surface area (Å²) in [5, 5.41) is 8.05. The summed E-state index contributed by atoms with van der Waals surface area (Å²) in [7, 11) is 0. The zero-order valence-corrected chi connectivity index (χ0v) is 15.7. The standard InChI is InChI=1S/C19H28N4O3/c1-4-17(24)20-15-8-6-10-23(11-15)12-18(25)22-19(26)21-16-9-5-7-13(2)14(16)3/h5,7,9,15H,4,6,8,10-12H2,1-3H3,(H,20,24)(H2,21,22,25,26). The average molecular weight is 360 g/mol. The number of anilines is 1. The molecule has 0 aliphatic carbocycles. The van der Waals surface area contributed by atoms with Crippen LogP contribution in [0.15, 0.2) is 18.2 Å². The molecule has 0 aromatic heterocycles. The van der Waals surface area contributed by atoms with Crippen LogP contribution in [0, 0.1) is 13.8 Å². The number of benzene rings is 1. The number of imide groups is 1. The van der Waals surface area contributed by atoms with Gasteiger partial charge in [-0.05, 0) is 50.4 Å². The summed E-state index contributed by atoms with van der Waals surface area (Å²) in [4.78, 5) is 37.7. The molecule has 0 spiro atoms. The van der Waals surface area contributed by atoms with E-state index in [1.165, 1.54) is 0 Å². The van der Waals surface area contributed by atoms with Crippen LogP contribution in [0.2, 0.25) is 0 Å². The predicted octanol–water partition coefficient (Wildman–Crippen LogP) is 1.94. The molecular weight excluding hydrogens is 332 g/mol. The first-order chi connectivity index (χ1) is 12.4. The Morgan fingerprint density at radius 2 is 1.96 bits per heavy atom. The van der Waals surface area contributed by atoms with E-state index in [4.69, 9.17) is 0 Å². The molecule has 7 heteroatoms. The molecule has 26 heavy (non-hydrogen) atoms. The van der Waals surface area contributed by atoms with E-state index in [2.05, 4.69) is 16.0 Å². The molecule has 1 unspecified atom stereocenters. The van der Waals surface area contributed by atoms with E-state index in [1.807, 2.05) is 37.8 Å². The third-order valence-corrected chi connectivity index (χ3v) is 4.66. The highest BCUT2D eigenvalue weighted by Crippen LogP contribution is 2.17. The SMILES string of the molecule is CCC(=O)NC1CCCN(CC(=O)NC(=O)Nc2cccc(C)c2C)C1. The Labute approximate surface area is 154 Å². The van der Waals surface area contributed by atoms with Gasteiger partial charge in [0, 0.05) is 24.7 Å². The minimum atomic E-state index is -0.531. The van der Waals surface area contributed by atoms with Gasteiger partial charge in [0.2, 0.25) is 11.8 Å². The Hall–Kier alpha value is -2.41. The Morgan fingerprint density at radius 3 is 2.69 bits per heavy atom. The Balaban J connectivity index is 1.81. The fourth-order valence-corrected chi connectivity index (χ4v) is 3.06. The van der Waals surface area contributed by atoms with E-state index < -0.39 is 6.03 Å². The van der Waals surface area contributed by atoms with Crippen molar-refractivity contribution in [3.05, 3.63) is 29.3 Å². The summed E-state index contributed by atoms with van der Waals surface area (Å²) in [6.45, 7) is 7.25. The van der Waals surface area contributed by atoms with E-state index in [9.17, 15) is 14.4 Å². The minimum Gasteiger partial charge on any atom is -0.352 e. The Bertz CT molecular complexity index is 675. The molecule has 1 aromatic carbocycles. The Kier molecular flexibility index (Phi) is 7.15. The van der Waals surface area contributed by atoms with E-state index in [0.29, 0.717) is 18.7 Å². The Morgan fingerprint density at radius 1 is 1.19 bits per heavy atom. The largest absolute Gasteiger partial charge is 0.352 e. The van der Waals surface area contributed by atoms with Crippen LogP contribution in [0.5, 0.6) is 0 Å². The molecule has 1 atom stereocenters. The maximum atomic E-state index is 12.1. The van der Waals surface area contributed by atoms with E-state index >= 15 is 0 Å². The van der Waals surface area contributed by atoms with Crippen molar-refractivity contribution in [3.63, 3.8) is 0 Å². The topological polar surface area (TPSA) is 90.5 Å². The second-order valence-electron chi connectivity index (χ2n) is 6.75. The number of amides is 4. The van der Waals surface area contributed by atoms with Gasteiger partial charge in [0.25, 0.3) is 0 Å². The van der Waals surface area contributed by atoms with Gasteiger partial charge in [-0.25, -0.2) is 4.79 Å². The van der Waals surface area contributed by atoms with Crippen LogP contribution >= 0.6 is 0 Å². The third-order valence-electron chi connectivity index (χ3n) is 4.66. The number of nitrogens with zero attached hydrogens (tertiary/aromatic N) is 1. The quantitative estimate of drug-likeness (QED) is 0.748. The zero-order valence-electron chi connectivity index (χ0n) is 15.7. The van der Waals surface area contributed by atoms with Gasteiger partial charge < -0.3 is 10.6 Å². The van der Waals surface area contributed by atoms with Crippen molar-refractivity contribution < 1.29 is 14.4 Å². The normalized spacial score (nSPS) is 17.4. The molecule has 0 bridgehead atoms. The van der Waals surface area contributed by atoms with Crippen molar-refractivity contribution in [2.75, 3.05) is 25.0 Å². The van der Waals surface area contributed by atoms with Crippen molar-refractivity contribution in [2.24, 2.45) is 0 Å². The summed E-state index contributed by atoms with van der Waals surface area (Å²) in [5.41, 5.74) is 2.74. The van der Waals surface area contributed by atoms with Crippen LogP contribution in [-0.4, -0.2) is 48.4 Å². The predicted molar refractivity (Wildman–Crippen MR) is 101 cm³/mol. The number of aryl methyl sites for hydroxylation is 1. The molecule has 1 fully saturated rings. The molecule has 1 aromatic rings. The van der Waals surface area contributed by atoms with Crippen LogP contribution in [0.4, 0.5) is 10.5 Å². The third kappa shape index (κ3) is 5.84. The molecule has 1 aliphatic rings. The lowest BCUT2D eigenvalue weighted by Gasteiger charge is -2.32.